The molecule has 6 nitrogen and oxygen atoms in total. The van der Waals surface area contributed by atoms with Crippen LogP contribution in [0.2, 0.25) is 0 Å². The van der Waals surface area contributed by atoms with E-state index in [1.165, 1.54) is 11.3 Å². The van der Waals surface area contributed by atoms with E-state index in [1.54, 1.807) is 44.6 Å². The van der Waals surface area contributed by atoms with Gasteiger partial charge in [-0.15, -0.1) is 11.3 Å². The van der Waals surface area contributed by atoms with E-state index in [1.807, 2.05) is 23.6 Å². The Balaban J connectivity index is 1.65. The number of sulfonamides is 1. The summed E-state index contributed by atoms with van der Waals surface area (Å²) in [6.45, 7) is 0.284. The molecule has 0 bridgehead atoms. The Hall–Kier alpha value is -2.42. The Kier molecular flexibility index (Phi) is 6.10. The van der Waals surface area contributed by atoms with Crippen molar-refractivity contribution in [2.45, 2.75) is 11.3 Å². The Bertz CT molecular complexity index is 1000. The first kappa shape index (κ1) is 19.3. The molecule has 0 spiro atoms. The van der Waals surface area contributed by atoms with Gasteiger partial charge in [-0.05, 0) is 30.3 Å². The van der Waals surface area contributed by atoms with Crippen LogP contribution in [-0.4, -0.2) is 34.2 Å². The SMILES string of the molecule is COc1ccc(-c2nc(CCNS(=O)(=O)c3ccccc3)cs2)cc1OC. The molecule has 0 saturated carbocycles. The van der Waals surface area contributed by atoms with E-state index in [0.717, 1.165) is 16.3 Å². The zero-order chi connectivity index (χ0) is 19.3. The second kappa shape index (κ2) is 8.51. The number of hydrogen-bond donors (Lipinski definition) is 1. The molecule has 0 amide bonds. The monoisotopic (exact) mass is 404 g/mol. The number of nitrogens with one attached hydrogen (secondary N) is 1. The number of thiazole rings is 1. The lowest BCUT2D eigenvalue weighted by atomic mass is 10.2. The predicted octanol–water partition coefficient (Wildman–Crippen LogP) is 3.35. The van der Waals surface area contributed by atoms with E-state index in [2.05, 4.69) is 9.71 Å². The summed E-state index contributed by atoms with van der Waals surface area (Å²) in [4.78, 5) is 4.85. The van der Waals surface area contributed by atoms with Crippen LogP contribution >= 0.6 is 11.3 Å². The van der Waals surface area contributed by atoms with Crippen molar-refractivity contribution in [2.75, 3.05) is 20.8 Å². The third-order valence-electron chi connectivity index (χ3n) is 3.91. The summed E-state index contributed by atoms with van der Waals surface area (Å²) in [6.07, 6.45) is 0.510. The van der Waals surface area contributed by atoms with Crippen LogP contribution in [-0.2, 0) is 16.4 Å². The molecule has 0 radical (unpaired) electrons. The molecule has 142 valence electrons. The zero-order valence-corrected chi connectivity index (χ0v) is 16.6. The highest BCUT2D eigenvalue weighted by Gasteiger charge is 2.13. The summed E-state index contributed by atoms with van der Waals surface area (Å²) in [5, 5.41) is 2.78. The number of aromatic nitrogens is 1. The molecule has 0 aliphatic heterocycles. The van der Waals surface area contributed by atoms with Gasteiger partial charge in [-0.1, -0.05) is 18.2 Å². The third-order valence-corrected chi connectivity index (χ3v) is 6.33. The van der Waals surface area contributed by atoms with Gasteiger partial charge in [0.1, 0.15) is 5.01 Å². The van der Waals surface area contributed by atoms with Crippen LogP contribution in [0.15, 0.2) is 58.8 Å². The first-order valence-corrected chi connectivity index (χ1v) is 10.6. The van der Waals surface area contributed by atoms with Crippen LogP contribution in [0.4, 0.5) is 0 Å². The van der Waals surface area contributed by atoms with Gasteiger partial charge >= 0.3 is 0 Å². The number of ether oxygens (including phenoxy) is 2. The molecule has 1 heterocycles. The molecule has 1 N–H and O–H groups in total. The summed E-state index contributed by atoms with van der Waals surface area (Å²) in [5.41, 5.74) is 1.76. The van der Waals surface area contributed by atoms with Gasteiger partial charge in [0.2, 0.25) is 10.0 Å². The van der Waals surface area contributed by atoms with Gasteiger partial charge < -0.3 is 9.47 Å². The minimum Gasteiger partial charge on any atom is -0.493 e. The number of rotatable bonds is 8. The summed E-state index contributed by atoms with van der Waals surface area (Å²) in [5.74, 6) is 1.30. The van der Waals surface area contributed by atoms with Crippen molar-refractivity contribution >= 4 is 21.4 Å². The Labute approximate surface area is 162 Å². The largest absolute Gasteiger partial charge is 0.493 e. The van der Waals surface area contributed by atoms with Crippen molar-refractivity contribution < 1.29 is 17.9 Å². The van der Waals surface area contributed by atoms with Gasteiger partial charge in [-0.3, -0.25) is 0 Å². The van der Waals surface area contributed by atoms with Crippen molar-refractivity contribution in [1.29, 1.82) is 0 Å². The molecule has 0 aliphatic rings. The fraction of sp³-hybridized carbons (Fsp3) is 0.211. The zero-order valence-electron chi connectivity index (χ0n) is 15.0. The predicted molar refractivity (Wildman–Crippen MR) is 106 cm³/mol. The molecule has 3 rings (SSSR count). The van der Waals surface area contributed by atoms with Gasteiger partial charge in [0.25, 0.3) is 0 Å². The average molecular weight is 405 g/mol. The smallest absolute Gasteiger partial charge is 0.240 e. The molecule has 8 heteroatoms. The number of hydrogen-bond acceptors (Lipinski definition) is 6. The minimum atomic E-state index is -3.50. The first-order valence-electron chi connectivity index (χ1n) is 8.25. The molecule has 3 aromatic rings. The fourth-order valence-corrected chi connectivity index (χ4v) is 4.42. The van der Waals surface area contributed by atoms with Crippen LogP contribution in [0.1, 0.15) is 5.69 Å². The second-order valence-electron chi connectivity index (χ2n) is 5.67. The van der Waals surface area contributed by atoms with Crippen molar-refractivity contribution in [3.05, 3.63) is 59.6 Å². The number of methoxy groups -OCH3 is 2. The molecule has 0 aliphatic carbocycles. The summed E-state index contributed by atoms with van der Waals surface area (Å²) in [7, 11) is -0.313. The quantitative estimate of drug-likeness (QED) is 0.623. The van der Waals surface area contributed by atoms with Gasteiger partial charge in [0, 0.05) is 23.9 Å². The van der Waals surface area contributed by atoms with Crippen LogP contribution < -0.4 is 14.2 Å². The van der Waals surface area contributed by atoms with E-state index >= 15 is 0 Å². The number of nitrogens with zero attached hydrogens (tertiary/aromatic N) is 1. The topological polar surface area (TPSA) is 77.5 Å². The highest BCUT2D eigenvalue weighted by Crippen LogP contribution is 2.33. The highest BCUT2D eigenvalue weighted by atomic mass is 32.2. The molecular weight excluding hydrogens is 384 g/mol. The van der Waals surface area contributed by atoms with Crippen LogP contribution in [0.3, 0.4) is 0 Å². The van der Waals surface area contributed by atoms with Gasteiger partial charge in [-0.2, -0.15) is 0 Å². The molecule has 2 aromatic carbocycles. The second-order valence-corrected chi connectivity index (χ2v) is 8.30. The Morgan fingerprint density at radius 1 is 1.04 bits per heavy atom. The van der Waals surface area contributed by atoms with E-state index < -0.39 is 10.0 Å². The van der Waals surface area contributed by atoms with E-state index in [4.69, 9.17) is 9.47 Å². The maximum absolute atomic E-state index is 12.2. The molecular formula is C19H20N2O4S2. The molecule has 0 saturated heterocycles. The van der Waals surface area contributed by atoms with Crippen molar-refractivity contribution in [3.63, 3.8) is 0 Å². The molecule has 0 fully saturated rings. The standard InChI is InChI=1S/C19H20N2O4S2/c1-24-17-9-8-14(12-18(17)25-2)19-21-15(13-26-19)10-11-20-27(22,23)16-6-4-3-5-7-16/h3-9,12-13,20H,10-11H2,1-2H3. The van der Waals surface area contributed by atoms with E-state index in [9.17, 15) is 8.42 Å². The van der Waals surface area contributed by atoms with Crippen molar-refractivity contribution in [3.8, 4) is 22.1 Å². The molecule has 27 heavy (non-hydrogen) atoms. The third kappa shape index (κ3) is 4.65. The van der Waals surface area contributed by atoms with Crippen LogP contribution in [0, 0.1) is 0 Å². The number of benzene rings is 2. The molecule has 0 unspecified atom stereocenters. The molecule has 1 aromatic heterocycles. The summed E-state index contributed by atoms with van der Waals surface area (Å²) >= 11 is 1.50. The summed E-state index contributed by atoms with van der Waals surface area (Å²) < 4.78 is 37.6. The highest BCUT2D eigenvalue weighted by molar-refractivity contribution is 7.89. The van der Waals surface area contributed by atoms with Gasteiger partial charge in [-0.25, -0.2) is 18.1 Å². The minimum absolute atomic E-state index is 0.259. The maximum atomic E-state index is 12.2. The fourth-order valence-electron chi connectivity index (χ4n) is 2.52. The van der Waals surface area contributed by atoms with Crippen molar-refractivity contribution in [1.82, 2.24) is 9.71 Å². The van der Waals surface area contributed by atoms with Crippen LogP contribution in [0.25, 0.3) is 10.6 Å². The van der Waals surface area contributed by atoms with Gasteiger partial charge in [0.15, 0.2) is 11.5 Å². The Morgan fingerprint density at radius 2 is 1.78 bits per heavy atom. The molecule has 0 atom stereocenters. The maximum Gasteiger partial charge on any atom is 0.240 e. The van der Waals surface area contributed by atoms with Crippen molar-refractivity contribution in [2.24, 2.45) is 0 Å². The average Bonchev–Trinajstić information content (AvgIpc) is 3.17. The van der Waals surface area contributed by atoms with Gasteiger partial charge in [0.05, 0.1) is 24.8 Å². The van der Waals surface area contributed by atoms with E-state index in [-0.39, 0.29) is 11.4 Å². The lowest BCUT2D eigenvalue weighted by molar-refractivity contribution is 0.355. The Morgan fingerprint density at radius 3 is 2.48 bits per heavy atom. The lowest BCUT2D eigenvalue weighted by Crippen LogP contribution is -2.26. The van der Waals surface area contributed by atoms with E-state index in [0.29, 0.717) is 17.9 Å². The summed E-state index contributed by atoms with van der Waals surface area (Å²) in [6, 6.07) is 13.9. The first-order chi connectivity index (χ1) is 13.0. The normalized spacial score (nSPS) is 11.3. The lowest BCUT2D eigenvalue weighted by Gasteiger charge is -2.08. The van der Waals surface area contributed by atoms with Crippen LogP contribution in [0.5, 0.6) is 11.5 Å².